The van der Waals surface area contributed by atoms with Gasteiger partial charge in [0.2, 0.25) is 0 Å². The highest BCUT2D eigenvalue weighted by molar-refractivity contribution is 5.38. The number of rotatable bonds is 11. The fourth-order valence-electron chi connectivity index (χ4n) is 9.66. The molecule has 0 bridgehead atoms. The van der Waals surface area contributed by atoms with Crippen LogP contribution in [-0.2, 0) is 19.1 Å². The van der Waals surface area contributed by atoms with E-state index in [1.165, 1.54) is 32.1 Å². The molecule has 0 aromatic carbocycles. The minimum absolute atomic E-state index is 0.0100. The topological polar surface area (TPSA) is 84.9 Å². The van der Waals surface area contributed by atoms with Crippen molar-refractivity contribution in [1.82, 2.24) is 5.32 Å². The van der Waals surface area contributed by atoms with Crippen molar-refractivity contribution in [2.24, 2.45) is 46.3 Å². The molecule has 0 amide bonds. The van der Waals surface area contributed by atoms with Gasteiger partial charge < -0.3 is 19.9 Å². The lowest BCUT2D eigenvalue weighted by Crippen LogP contribution is -2.59. The van der Waals surface area contributed by atoms with Gasteiger partial charge in [-0.15, -0.1) is 0 Å². The molecule has 4 aliphatic carbocycles. The largest absolute Gasteiger partial charge is 0.465 e. The Morgan fingerprint density at radius 1 is 1.00 bits per heavy atom. The second-order valence-electron chi connectivity index (χ2n) is 13.9. The first-order chi connectivity index (χ1) is 17.1. The molecule has 3 unspecified atom stereocenters. The molecule has 0 aromatic heterocycles. The van der Waals surface area contributed by atoms with E-state index >= 15 is 0 Å². The standard InChI is InChI=1S/C30H51NO5/c1-20(7-6-14-31-28(2,3)17-32)23-8-9-24-27-25(11-13-30(23,24)5)29(4)12-10-22(35-18-33)15-21(29)16-26(27)36-19-34/h18-27,31-32H,6-17H2,1-5H3/t20-,21+,22-,23-,24?,25?,26+,27?,29+,30-/m1/s1. The number of carbonyl (C=O) groups is 2. The summed E-state index contributed by atoms with van der Waals surface area (Å²) in [7, 11) is 0. The maximum atomic E-state index is 11.6. The molecule has 4 fully saturated rings. The van der Waals surface area contributed by atoms with Gasteiger partial charge in [-0.2, -0.15) is 0 Å². The van der Waals surface area contributed by atoms with Gasteiger partial charge in [-0.25, -0.2) is 0 Å². The molecule has 0 radical (unpaired) electrons. The van der Waals surface area contributed by atoms with Crippen LogP contribution in [0.25, 0.3) is 0 Å². The number of ether oxygens (including phenoxy) is 2. The lowest BCUT2D eigenvalue weighted by Gasteiger charge is -2.62. The molecule has 0 aliphatic heterocycles. The number of fused-ring (bicyclic) bond motifs is 5. The second kappa shape index (κ2) is 10.9. The van der Waals surface area contributed by atoms with Crippen LogP contribution in [0, 0.1) is 46.3 Å². The van der Waals surface area contributed by atoms with E-state index in [1.807, 2.05) is 13.8 Å². The number of hydrogen-bond acceptors (Lipinski definition) is 6. The highest BCUT2D eigenvalue weighted by Crippen LogP contribution is 2.68. The van der Waals surface area contributed by atoms with Crippen LogP contribution >= 0.6 is 0 Å². The number of nitrogens with one attached hydrogen (secondary N) is 1. The van der Waals surface area contributed by atoms with E-state index in [0.29, 0.717) is 53.9 Å². The Balaban J connectivity index is 1.47. The minimum Gasteiger partial charge on any atom is -0.465 e. The van der Waals surface area contributed by atoms with Gasteiger partial charge in [-0.05, 0) is 125 Å². The van der Waals surface area contributed by atoms with Gasteiger partial charge in [0.1, 0.15) is 12.2 Å². The van der Waals surface area contributed by atoms with E-state index < -0.39 is 0 Å². The van der Waals surface area contributed by atoms with Crippen molar-refractivity contribution >= 4 is 12.9 Å². The molecule has 4 rings (SSSR count). The molecule has 0 heterocycles. The summed E-state index contributed by atoms with van der Waals surface area (Å²) in [4.78, 5) is 22.6. The van der Waals surface area contributed by atoms with Crippen molar-refractivity contribution in [2.75, 3.05) is 13.2 Å². The van der Waals surface area contributed by atoms with Gasteiger partial charge in [0, 0.05) is 11.5 Å². The first kappa shape index (κ1) is 27.9. The van der Waals surface area contributed by atoms with E-state index in [2.05, 4.69) is 26.1 Å². The van der Waals surface area contributed by atoms with Crippen molar-refractivity contribution in [3.63, 3.8) is 0 Å². The summed E-state index contributed by atoms with van der Waals surface area (Å²) in [6, 6.07) is 0. The molecular weight excluding hydrogens is 454 g/mol. The summed E-state index contributed by atoms with van der Waals surface area (Å²) in [5.41, 5.74) is 0.337. The molecule has 0 spiro atoms. The normalized spacial score (nSPS) is 43.0. The third kappa shape index (κ3) is 5.10. The van der Waals surface area contributed by atoms with E-state index in [4.69, 9.17) is 9.47 Å². The van der Waals surface area contributed by atoms with Crippen LogP contribution in [0.5, 0.6) is 0 Å². The lowest BCUT2D eigenvalue weighted by atomic mass is 9.43. The number of hydrogen-bond donors (Lipinski definition) is 2. The summed E-state index contributed by atoms with van der Waals surface area (Å²) in [5.74, 6) is 3.47. The van der Waals surface area contributed by atoms with Crippen LogP contribution < -0.4 is 5.32 Å². The third-order valence-corrected chi connectivity index (χ3v) is 11.7. The molecule has 0 saturated heterocycles. The summed E-state index contributed by atoms with van der Waals surface area (Å²) < 4.78 is 11.3. The number of aliphatic hydroxyl groups is 1. The maximum Gasteiger partial charge on any atom is 0.293 e. The molecule has 4 aliphatic rings. The van der Waals surface area contributed by atoms with Crippen molar-refractivity contribution in [2.45, 2.75) is 117 Å². The van der Waals surface area contributed by atoms with Gasteiger partial charge in [-0.1, -0.05) is 20.8 Å². The van der Waals surface area contributed by atoms with E-state index in [0.717, 1.165) is 38.6 Å². The average molecular weight is 506 g/mol. The predicted octanol–water partition coefficient (Wildman–Crippen LogP) is 5.12. The van der Waals surface area contributed by atoms with Crippen LogP contribution in [0.15, 0.2) is 0 Å². The maximum absolute atomic E-state index is 11.6. The third-order valence-electron chi connectivity index (χ3n) is 11.7. The van der Waals surface area contributed by atoms with Gasteiger partial charge in [0.15, 0.2) is 0 Å². The minimum atomic E-state index is -0.215. The first-order valence-corrected chi connectivity index (χ1v) is 14.6. The summed E-state index contributed by atoms with van der Waals surface area (Å²) in [5, 5.41) is 13.0. The Morgan fingerprint density at radius 3 is 2.39 bits per heavy atom. The van der Waals surface area contributed by atoms with Crippen LogP contribution in [0.2, 0.25) is 0 Å². The quantitative estimate of drug-likeness (QED) is 0.300. The van der Waals surface area contributed by atoms with Crippen LogP contribution in [-0.4, -0.2) is 48.9 Å². The Bertz CT molecular complexity index is 772. The van der Waals surface area contributed by atoms with Crippen LogP contribution in [0.1, 0.15) is 98.8 Å². The number of aliphatic hydroxyl groups excluding tert-OH is 1. The highest BCUT2D eigenvalue weighted by Gasteiger charge is 2.63. The van der Waals surface area contributed by atoms with Crippen LogP contribution in [0.4, 0.5) is 0 Å². The smallest absolute Gasteiger partial charge is 0.293 e. The average Bonchev–Trinajstić information content (AvgIpc) is 3.20. The zero-order chi connectivity index (χ0) is 26.1. The van der Waals surface area contributed by atoms with E-state index in [9.17, 15) is 14.7 Å². The zero-order valence-electron chi connectivity index (χ0n) is 23.3. The highest BCUT2D eigenvalue weighted by atomic mass is 16.5. The molecule has 2 N–H and O–H groups in total. The summed E-state index contributed by atoms with van der Waals surface area (Å²) in [6.07, 6.45) is 11.2. The monoisotopic (exact) mass is 505 g/mol. The molecule has 206 valence electrons. The molecule has 6 heteroatoms. The SMILES string of the molecule is C[C@H](CCCNC(C)(C)CO)[C@H]1CCC2C3C(CC[C@@]21C)[C@@]1(C)CC[C@@H](OC=O)C[C@H]1C[C@@H]3OC=O. The Kier molecular flexibility index (Phi) is 8.46. The van der Waals surface area contributed by atoms with Crippen molar-refractivity contribution < 1.29 is 24.2 Å². The Labute approximate surface area is 218 Å². The van der Waals surface area contributed by atoms with Crippen molar-refractivity contribution in [1.29, 1.82) is 0 Å². The lowest BCUT2D eigenvalue weighted by molar-refractivity contribution is -0.190. The molecule has 10 atom stereocenters. The molecule has 0 aromatic rings. The van der Waals surface area contributed by atoms with Crippen molar-refractivity contribution in [3.8, 4) is 0 Å². The first-order valence-electron chi connectivity index (χ1n) is 14.6. The van der Waals surface area contributed by atoms with Crippen LogP contribution in [0.3, 0.4) is 0 Å². The predicted molar refractivity (Wildman–Crippen MR) is 140 cm³/mol. The van der Waals surface area contributed by atoms with Gasteiger partial charge in [0.05, 0.1) is 6.61 Å². The molecule has 36 heavy (non-hydrogen) atoms. The van der Waals surface area contributed by atoms with E-state index in [-0.39, 0.29) is 29.8 Å². The Hall–Kier alpha value is -1.14. The summed E-state index contributed by atoms with van der Waals surface area (Å²) in [6.45, 7) is 14.0. The van der Waals surface area contributed by atoms with E-state index in [1.54, 1.807) is 0 Å². The second-order valence-corrected chi connectivity index (χ2v) is 13.9. The van der Waals surface area contributed by atoms with Gasteiger partial charge >= 0.3 is 0 Å². The van der Waals surface area contributed by atoms with Gasteiger partial charge in [0.25, 0.3) is 12.9 Å². The van der Waals surface area contributed by atoms with Crippen molar-refractivity contribution in [3.05, 3.63) is 0 Å². The molecule has 6 nitrogen and oxygen atoms in total. The number of carbonyl (C=O) groups excluding carboxylic acids is 2. The van der Waals surface area contributed by atoms with Gasteiger partial charge in [-0.3, -0.25) is 9.59 Å². The fraction of sp³-hybridized carbons (Fsp3) is 0.933. The molecule has 4 saturated carbocycles. The molecular formula is C30H51NO5. The summed E-state index contributed by atoms with van der Waals surface area (Å²) >= 11 is 0. The fourth-order valence-corrected chi connectivity index (χ4v) is 9.66. The zero-order valence-corrected chi connectivity index (χ0v) is 23.3. The Morgan fingerprint density at radius 2 is 1.69 bits per heavy atom.